The van der Waals surface area contributed by atoms with Gasteiger partial charge in [-0.2, -0.15) is 0 Å². The van der Waals surface area contributed by atoms with Gasteiger partial charge in [0.25, 0.3) is 0 Å². The molecule has 0 aromatic heterocycles. The molecular formula is C16H13F5O2Sn. The van der Waals surface area contributed by atoms with E-state index in [1.54, 1.807) is 12.1 Å². The van der Waals surface area contributed by atoms with Gasteiger partial charge >= 0.3 is 139 Å². The number of benzene rings is 2. The fourth-order valence-corrected chi connectivity index (χ4v) is 5.26. The fraction of sp³-hybridized carbons (Fsp3) is 0.188. The van der Waals surface area contributed by atoms with Crippen LogP contribution in [0.1, 0.15) is 10.4 Å². The summed E-state index contributed by atoms with van der Waals surface area (Å²) >= 11 is -2.35. The molecule has 0 saturated heterocycles. The molecule has 0 fully saturated rings. The molecule has 128 valence electrons. The van der Waals surface area contributed by atoms with E-state index >= 15 is 0 Å². The standard InChI is InChI=1S/C13H4F5O2.3CH3.Sn/c14-7-8(15)10(17)12(11(18)9(7)16)20-13(19)6-4-2-1-3-5-6;;;;/h2-5H;3*1H3;. The Morgan fingerprint density at radius 2 is 1.21 bits per heavy atom. The van der Waals surface area contributed by atoms with Crippen LogP contribution in [0.4, 0.5) is 22.0 Å². The third-order valence-corrected chi connectivity index (χ3v) is 9.25. The molecule has 0 amide bonds. The Morgan fingerprint density at radius 1 is 0.792 bits per heavy atom. The first-order chi connectivity index (χ1) is 11.0. The summed E-state index contributed by atoms with van der Waals surface area (Å²) in [7, 11) is 0. The predicted octanol–water partition coefficient (Wildman–Crippen LogP) is 4.15. The average molecular weight is 451 g/mol. The van der Waals surface area contributed by atoms with Crippen LogP contribution in [0.3, 0.4) is 0 Å². The first-order valence-corrected chi connectivity index (χ1v) is 16.9. The van der Waals surface area contributed by atoms with Gasteiger partial charge < -0.3 is 0 Å². The van der Waals surface area contributed by atoms with Crippen LogP contribution in [0, 0.1) is 29.1 Å². The minimum absolute atomic E-state index is 0.0572. The molecular weight excluding hydrogens is 438 g/mol. The SMILES string of the molecule is [CH3][Sn]([CH3])([CH3])[c]1ccc(C(=O)Oc2c(F)c(F)c(F)c(F)c2F)cc1. The second kappa shape index (κ2) is 6.70. The van der Waals surface area contributed by atoms with Crippen molar-refractivity contribution < 1.29 is 31.5 Å². The zero-order valence-electron chi connectivity index (χ0n) is 13.0. The molecule has 0 N–H and O–H groups in total. The van der Waals surface area contributed by atoms with Crippen LogP contribution in [0.5, 0.6) is 5.75 Å². The Labute approximate surface area is 139 Å². The Morgan fingerprint density at radius 3 is 1.62 bits per heavy atom. The van der Waals surface area contributed by atoms with E-state index in [4.69, 9.17) is 0 Å². The van der Waals surface area contributed by atoms with E-state index in [1.807, 2.05) is 0 Å². The number of hydrogen-bond acceptors (Lipinski definition) is 2. The molecule has 0 aliphatic carbocycles. The summed E-state index contributed by atoms with van der Waals surface area (Å²) in [5, 5.41) is 0. The molecule has 0 unspecified atom stereocenters. The number of rotatable bonds is 3. The molecule has 0 bridgehead atoms. The maximum atomic E-state index is 13.5. The van der Waals surface area contributed by atoms with Crippen LogP contribution in [0.2, 0.25) is 14.8 Å². The zero-order valence-corrected chi connectivity index (χ0v) is 15.9. The minimum atomic E-state index is -2.35. The second-order valence-corrected chi connectivity index (χ2v) is 20.6. The third kappa shape index (κ3) is 3.55. The van der Waals surface area contributed by atoms with Crippen molar-refractivity contribution in [3.05, 3.63) is 58.9 Å². The van der Waals surface area contributed by atoms with Gasteiger partial charge in [-0.15, -0.1) is 0 Å². The maximum absolute atomic E-state index is 13.5. The quantitative estimate of drug-likeness (QED) is 0.175. The number of carbonyl (C=O) groups excluding carboxylic acids is 1. The van der Waals surface area contributed by atoms with Crippen molar-refractivity contribution in [2.75, 3.05) is 0 Å². The summed E-state index contributed by atoms with van der Waals surface area (Å²) in [6.07, 6.45) is 0. The third-order valence-electron chi connectivity index (χ3n) is 3.35. The predicted molar refractivity (Wildman–Crippen MR) is 80.6 cm³/mol. The Balaban J connectivity index is 2.34. The first-order valence-electron chi connectivity index (χ1n) is 6.88. The fourth-order valence-electron chi connectivity index (χ4n) is 1.93. The number of halogens is 5. The molecule has 2 aromatic carbocycles. The second-order valence-electron chi connectivity index (χ2n) is 6.12. The Kier molecular flexibility index (Phi) is 5.22. The van der Waals surface area contributed by atoms with Gasteiger partial charge in [0.1, 0.15) is 0 Å². The van der Waals surface area contributed by atoms with Gasteiger partial charge in [0.05, 0.1) is 0 Å². The van der Waals surface area contributed by atoms with E-state index in [-0.39, 0.29) is 5.56 Å². The van der Waals surface area contributed by atoms with Gasteiger partial charge in [0.2, 0.25) is 0 Å². The summed E-state index contributed by atoms with van der Waals surface area (Å²) in [5.74, 6) is -13.9. The summed E-state index contributed by atoms with van der Waals surface area (Å²) in [6, 6.07) is 6.19. The van der Waals surface area contributed by atoms with Crippen molar-refractivity contribution >= 4 is 27.9 Å². The molecule has 0 radical (unpaired) electrons. The molecule has 2 rings (SSSR count). The van der Waals surface area contributed by atoms with Crippen molar-refractivity contribution in [2.24, 2.45) is 0 Å². The molecule has 2 nitrogen and oxygen atoms in total. The van der Waals surface area contributed by atoms with E-state index in [0.717, 1.165) is 3.58 Å². The zero-order chi connectivity index (χ0) is 18.2. The summed E-state index contributed by atoms with van der Waals surface area (Å²) in [4.78, 5) is 18.4. The molecule has 0 aliphatic rings. The Bertz CT molecular complexity index is 769. The summed E-state index contributed by atoms with van der Waals surface area (Å²) in [6.45, 7) is 0. The van der Waals surface area contributed by atoms with E-state index in [9.17, 15) is 26.7 Å². The number of esters is 1. The monoisotopic (exact) mass is 452 g/mol. The molecule has 24 heavy (non-hydrogen) atoms. The van der Waals surface area contributed by atoms with Gasteiger partial charge in [-0.05, 0) is 0 Å². The van der Waals surface area contributed by atoms with Crippen LogP contribution in [0.25, 0.3) is 0 Å². The Hall–Kier alpha value is -1.64. The van der Waals surface area contributed by atoms with Gasteiger partial charge in [-0.25, -0.2) is 0 Å². The van der Waals surface area contributed by atoms with Crippen molar-refractivity contribution in [2.45, 2.75) is 14.8 Å². The van der Waals surface area contributed by atoms with E-state index in [0.29, 0.717) is 0 Å². The normalized spacial score (nSPS) is 11.5. The van der Waals surface area contributed by atoms with E-state index in [1.165, 1.54) is 12.1 Å². The van der Waals surface area contributed by atoms with Gasteiger partial charge in [-0.3, -0.25) is 0 Å². The number of ether oxygens (including phenoxy) is 1. The molecule has 0 spiro atoms. The van der Waals surface area contributed by atoms with Crippen molar-refractivity contribution in [3.8, 4) is 5.75 Å². The van der Waals surface area contributed by atoms with E-state index < -0.39 is 59.2 Å². The summed E-state index contributed by atoms with van der Waals surface area (Å²) in [5.41, 5.74) is -0.0572. The molecule has 0 saturated carbocycles. The first kappa shape index (κ1) is 18.7. The van der Waals surface area contributed by atoms with Crippen LogP contribution >= 0.6 is 0 Å². The molecule has 8 heteroatoms. The van der Waals surface area contributed by atoms with Crippen LogP contribution < -0.4 is 8.32 Å². The molecule has 2 aromatic rings. The topological polar surface area (TPSA) is 26.3 Å². The van der Waals surface area contributed by atoms with Crippen LogP contribution in [-0.2, 0) is 0 Å². The van der Waals surface area contributed by atoms with E-state index in [2.05, 4.69) is 19.6 Å². The van der Waals surface area contributed by atoms with Crippen LogP contribution in [-0.4, -0.2) is 24.3 Å². The number of hydrogen-bond donors (Lipinski definition) is 0. The van der Waals surface area contributed by atoms with Crippen molar-refractivity contribution in [1.29, 1.82) is 0 Å². The van der Waals surface area contributed by atoms with Gasteiger partial charge in [0.15, 0.2) is 0 Å². The van der Waals surface area contributed by atoms with Crippen LogP contribution in [0.15, 0.2) is 24.3 Å². The summed E-state index contributed by atoms with van der Waals surface area (Å²) < 4.78 is 71.6. The molecule has 0 atom stereocenters. The van der Waals surface area contributed by atoms with Crippen molar-refractivity contribution in [1.82, 2.24) is 0 Å². The van der Waals surface area contributed by atoms with Crippen molar-refractivity contribution in [3.63, 3.8) is 0 Å². The van der Waals surface area contributed by atoms with Gasteiger partial charge in [-0.1, -0.05) is 0 Å². The van der Waals surface area contributed by atoms with Gasteiger partial charge in [0, 0.05) is 0 Å². The average Bonchev–Trinajstić information content (AvgIpc) is 2.54. The molecule has 0 heterocycles. The molecule has 0 aliphatic heterocycles. The number of carbonyl (C=O) groups is 1.